The van der Waals surface area contributed by atoms with Crippen LogP contribution in [0.4, 0.5) is 4.39 Å². The Morgan fingerprint density at radius 3 is 2.82 bits per heavy atom. The van der Waals surface area contributed by atoms with Crippen molar-refractivity contribution in [2.45, 2.75) is 19.4 Å². The van der Waals surface area contributed by atoms with Gasteiger partial charge in [0.25, 0.3) is 0 Å². The highest BCUT2D eigenvalue weighted by Gasteiger charge is 2.20. The maximum atomic E-state index is 13.6. The Bertz CT molecular complexity index is 402. The van der Waals surface area contributed by atoms with Crippen LogP contribution in [0.15, 0.2) is 16.6 Å². The molecule has 0 saturated heterocycles. The Labute approximate surface area is 112 Å². The van der Waals surface area contributed by atoms with E-state index in [1.165, 1.54) is 6.07 Å². The van der Waals surface area contributed by atoms with Crippen LogP contribution in [-0.2, 0) is 9.53 Å². The number of ether oxygens (including phenoxy) is 1. The standard InChI is InChI=1S/C11H11BrClFO3/c1-2-17-10(16)5-9(15)11-7(12)3-6(13)4-8(11)14/h3-4,9,15H,2,5H2,1H3. The lowest BCUT2D eigenvalue weighted by Gasteiger charge is -2.13. The number of carbonyl (C=O) groups is 1. The van der Waals surface area contributed by atoms with Crippen LogP contribution in [-0.4, -0.2) is 17.7 Å². The molecular weight excluding hydrogens is 314 g/mol. The Balaban J connectivity index is 2.89. The molecule has 1 aromatic carbocycles. The van der Waals surface area contributed by atoms with Crippen LogP contribution in [0.3, 0.4) is 0 Å². The van der Waals surface area contributed by atoms with Gasteiger partial charge in [-0.3, -0.25) is 4.79 Å². The highest BCUT2D eigenvalue weighted by molar-refractivity contribution is 9.10. The number of aliphatic hydroxyl groups is 1. The summed E-state index contributed by atoms with van der Waals surface area (Å²) >= 11 is 8.73. The van der Waals surface area contributed by atoms with Gasteiger partial charge in [0, 0.05) is 15.1 Å². The molecule has 94 valence electrons. The predicted molar refractivity (Wildman–Crippen MR) is 65.3 cm³/mol. The first-order chi connectivity index (χ1) is 7.95. The number of esters is 1. The first kappa shape index (κ1) is 14.4. The summed E-state index contributed by atoms with van der Waals surface area (Å²) in [5.41, 5.74) is 0.00227. The lowest BCUT2D eigenvalue weighted by molar-refractivity contribution is -0.145. The number of rotatable bonds is 4. The number of hydrogen-bond donors (Lipinski definition) is 1. The van der Waals surface area contributed by atoms with E-state index in [2.05, 4.69) is 20.7 Å². The van der Waals surface area contributed by atoms with E-state index in [4.69, 9.17) is 11.6 Å². The van der Waals surface area contributed by atoms with Crippen LogP contribution in [0.25, 0.3) is 0 Å². The molecule has 1 aromatic rings. The normalized spacial score (nSPS) is 12.3. The van der Waals surface area contributed by atoms with Gasteiger partial charge in [-0.1, -0.05) is 27.5 Å². The molecule has 0 aliphatic carbocycles. The third-order valence-electron chi connectivity index (χ3n) is 2.04. The van der Waals surface area contributed by atoms with Gasteiger partial charge in [-0.05, 0) is 19.1 Å². The summed E-state index contributed by atoms with van der Waals surface area (Å²) in [4.78, 5) is 11.2. The van der Waals surface area contributed by atoms with Crippen molar-refractivity contribution in [3.63, 3.8) is 0 Å². The van der Waals surface area contributed by atoms with E-state index in [0.717, 1.165) is 6.07 Å². The van der Waals surface area contributed by atoms with Gasteiger partial charge in [0.05, 0.1) is 19.1 Å². The van der Waals surface area contributed by atoms with E-state index < -0.39 is 17.9 Å². The zero-order chi connectivity index (χ0) is 13.0. The maximum Gasteiger partial charge on any atom is 0.308 e. The minimum absolute atomic E-state index is 0.00227. The lowest BCUT2D eigenvalue weighted by atomic mass is 10.1. The molecule has 0 spiro atoms. The third-order valence-corrected chi connectivity index (χ3v) is 2.92. The molecule has 1 rings (SSSR count). The third kappa shape index (κ3) is 3.94. The van der Waals surface area contributed by atoms with Gasteiger partial charge < -0.3 is 9.84 Å². The van der Waals surface area contributed by atoms with Crippen LogP contribution >= 0.6 is 27.5 Å². The smallest absolute Gasteiger partial charge is 0.308 e. The fraction of sp³-hybridized carbons (Fsp3) is 0.364. The molecule has 0 saturated carbocycles. The Morgan fingerprint density at radius 1 is 1.65 bits per heavy atom. The predicted octanol–water partition coefficient (Wildman–Crippen LogP) is 3.23. The van der Waals surface area contributed by atoms with Crippen LogP contribution < -0.4 is 0 Å². The lowest BCUT2D eigenvalue weighted by Crippen LogP contribution is -2.11. The molecule has 0 amide bonds. The van der Waals surface area contributed by atoms with Crippen molar-refractivity contribution in [1.82, 2.24) is 0 Å². The molecule has 0 aromatic heterocycles. The number of aliphatic hydroxyl groups excluding tert-OH is 1. The first-order valence-electron chi connectivity index (χ1n) is 4.93. The summed E-state index contributed by atoms with van der Waals surface area (Å²) in [7, 11) is 0. The second-order valence-electron chi connectivity index (χ2n) is 3.31. The van der Waals surface area contributed by atoms with Crippen LogP contribution in [0, 0.1) is 5.82 Å². The minimum atomic E-state index is -1.26. The first-order valence-corrected chi connectivity index (χ1v) is 6.11. The number of halogens is 3. The van der Waals surface area contributed by atoms with Crippen LogP contribution in [0.5, 0.6) is 0 Å². The van der Waals surface area contributed by atoms with Gasteiger partial charge in [0.15, 0.2) is 0 Å². The molecule has 0 radical (unpaired) electrons. The Hall–Kier alpha value is -0.650. The molecule has 17 heavy (non-hydrogen) atoms. The molecular formula is C11H11BrClFO3. The van der Waals surface area contributed by atoms with Crippen molar-refractivity contribution >= 4 is 33.5 Å². The van der Waals surface area contributed by atoms with Gasteiger partial charge in [0.2, 0.25) is 0 Å². The number of benzene rings is 1. The van der Waals surface area contributed by atoms with Crippen LogP contribution in [0.1, 0.15) is 25.0 Å². The molecule has 0 bridgehead atoms. The number of carbonyl (C=O) groups excluding carboxylic acids is 1. The molecule has 0 aliphatic heterocycles. The summed E-state index contributed by atoms with van der Waals surface area (Å²) in [6.07, 6.45) is -1.56. The van der Waals surface area contributed by atoms with E-state index in [-0.39, 0.29) is 23.6 Å². The van der Waals surface area contributed by atoms with Gasteiger partial charge >= 0.3 is 5.97 Å². The highest BCUT2D eigenvalue weighted by Crippen LogP contribution is 2.31. The molecule has 1 atom stereocenters. The van der Waals surface area contributed by atoms with E-state index in [9.17, 15) is 14.3 Å². The fourth-order valence-electron chi connectivity index (χ4n) is 1.35. The summed E-state index contributed by atoms with van der Waals surface area (Å²) < 4.78 is 18.6. The second kappa shape index (κ2) is 6.33. The number of hydrogen-bond acceptors (Lipinski definition) is 3. The van der Waals surface area contributed by atoms with Crippen molar-refractivity contribution in [1.29, 1.82) is 0 Å². The average molecular weight is 326 g/mol. The molecule has 0 heterocycles. The van der Waals surface area contributed by atoms with Gasteiger partial charge in [-0.2, -0.15) is 0 Å². The van der Waals surface area contributed by atoms with Gasteiger partial charge in [0.1, 0.15) is 5.82 Å². The zero-order valence-electron chi connectivity index (χ0n) is 9.04. The zero-order valence-corrected chi connectivity index (χ0v) is 11.4. The molecule has 1 N–H and O–H groups in total. The Morgan fingerprint density at radius 2 is 2.29 bits per heavy atom. The van der Waals surface area contributed by atoms with E-state index in [1.54, 1.807) is 6.92 Å². The summed E-state index contributed by atoms with van der Waals surface area (Å²) in [5.74, 6) is -1.25. The van der Waals surface area contributed by atoms with Crippen molar-refractivity contribution in [3.8, 4) is 0 Å². The van der Waals surface area contributed by atoms with Crippen molar-refractivity contribution < 1.29 is 19.0 Å². The molecule has 0 fully saturated rings. The van der Waals surface area contributed by atoms with Crippen molar-refractivity contribution in [3.05, 3.63) is 33.0 Å². The quantitative estimate of drug-likeness (QED) is 0.865. The van der Waals surface area contributed by atoms with E-state index >= 15 is 0 Å². The van der Waals surface area contributed by atoms with Gasteiger partial charge in [-0.15, -0.1) is 0 Å². The summed E-state index contributed by atoms with van der Waals surface area (Å²) in [5, 5.41) is 9.97. The van der Waals surface area contributed by atoms with E-state index in [1.807, 2.05) is 0 Å². The summed E-state index contributed by atoms with van der Waals surface area (Å²) in [6, 6.07) is 2.53. The van der Waals surface area contributed by atoms with Gasteiger partial charge in [-0.25, -0.2) is 4.39 Å². The fourth-order valence-corrected chi connectivity index (χ4v) is 2.39. The SMILES string of the molecule is CCOC(=O)CC(O)c1c(F)cc(Cl)cc1Br. The largest absolute Gasteiger partial charge is 0.466 e. The maximum absolute atomic E-state index is 13.6. The summed E-state index contributed by atoms with van der Waals surface area (Å²) in [6.45, 7) is 1.87. The second-order valence-corrected chi connectivity index (χ2v) is 4.60. The molecule has 1 unspecified atom stereocenters. The van der Waals surface area contributed by atoms with E-state index in [0.29, 0.717) is 4.47 Å². The van der Waals surface area contributed by atoms with Crippen molar-refractivity contribution in [2.24, 2.45) is 0 Å². The monoisotopic (exact) mass is 324 g/mol. The van der Waals surface area contributed by atoms with Crippen molar-refractivity contribution in [2.75, 3.05) is 6.61 Å². The molecule has 6 heteroatoms. The topological polar surface area (TPSA) is 46.5 Å². The average Bonchev–Trinajstić information content (AvgIpc) is 2.15. The minimum Gasteiger partial charge on any atom is -0.466 e. The van der Waals surface area contributed by atoms with Crippen LogP contribution in [0.2, 0.25) is 5.02 Å². The molecule has 0 aliphatic rings. The Kier molecular flexibility index (Phi) is 5.36. The molecule has 3 nitrogen and oxygen atoms in total. The highest BCUT2D eigenvalue weighted by atomic mass is 79.9.